The number of benzene rings is 3. The first-order valence-electron chi connectivity index (χ1n) is 11.8. The molecule has 1 saturated heterocycles. The normalized spacial score (nSPS) is 14.1. The van der Waals surface area contributed by atoms with Crippen molar-refractivity contribution in [2.45, 2.75) is 13.5 Å². The highest BCUT2D eigenvalue weighted by atomic mass is 16.3. The molecule has 1 amide bonds. The Balaban J connectivity index is 1.29. The molecule has 2 heterocycles. The Morgan fingerprint density at radius 3 is 2.26 bits per heavy atom. The fourth-order valence-corrected chi connectivity index (χ4v) is 4.43. The molecule has 176 valence electrons. The van der Waals surface area contributed by atoms with Crippen molar-refractivity contribution >= 4 is 5.91 Å². The summed E-state index contributed by atoms with van der Waals surface area (Å²) in [6.45, 7) is 5.93. The van der Waals surface area contributed by atoms with Crippen molar-refractivity contribution in [3.8, 4) is 28.3 Å². The van der Waals surface area contributed by atoms with Gasteiger partial charge in [-0.3, -0.25) is 9.69 Å². The third-order valence-corrected chi connectivity index (χ3v) is 6.47. The van der Waals surface area contributed by atoms with Crippen LogP contribution in [0.15, 0.2) is 85.2 Å². The van der Waals surface area contributed by atoms with Gasteiger partial charge in [0, 0.05) is 49.4 Å². The van der Waals surface area contributed by atoms with Crippen LogP contribution in [0.4, 0.5) is 0 Å². The van der Waals surface area contributed by atoms with Crippen molar-refractivity contribution in [3.63, 3.8) is 0 Å². The number of hydrogen-bond acceptors (Lipinski definition) is 5. The van der Waals surface area contributed by atoms with E-state index < -0.39 is 0 Å². The summed E-state index contributed by atoms with van der Waals surface area (Å²) in [7, 11) is 0. The molecule has 0 atom stereocenters. The van der Waals surface area contributed by atoms with E-state index >= 15 is 0 Å². The molecule has 35 heavy (non-hydrogen) atoms. The highest BCUT2D eigenvalue weighted by molar-refractivity contribution is 5.95. The lowest BCUT2D eigenvalue weighted by atomic mass is 10.0. The smallest absolute Gasteiger partial charge is 0.253 e. The van der Waals surface area contributed by atoms with Gasteiger partial charge in [-0.25, -0.2) is 9.97 Å². The van der Waals surface area contributed by atoms with Gasteiger partial charge in [0.1, 0.15) is 12.1 Å². The van der Waals surface area contributed by atoms with Gasteiger partial charge in [-0.05, 0) is 54.4 Å². The zero-order valence-corrected chi connectivity index (χ0v) is 19.8. The molecule has 3 aromatic carbocycles. The van der Waals surface area contributed by atoms with Crippen LogP contribution in [0.5, 0.6) is 5.75 Å². The number of rotatable bonds is 5. The number of phenols is 1. The Bertz CT molecular complexity index is 1330. The van der Waals surface area contributed by atoms with Crippen LogP contribution in [0, 0.1) is 6.92 Å². The largest absolute Gasteiger partial charge is 0.508 e. The van der Waals surface area contributed by atoms with Crippen LogP contribution in [0.2, 0.25) is 0 Å². The third kappa shape index (κ3) is 5.23. The predicted molar refractivity (Wildman–Crippen MR) is 137 cm³/mol. The Labute approximate surface area is 205 Å². The molecule has 6 heteroatoms. The number of nitrogens with zero attached hydrogens (tertiary/aromatic N) is 4. The monoisotopic (exact) mass is 464 g/mol. The molecule has 0 unspecified atom stereocenters. The number of carbonyl (C=O) groups is 1. The fraction of sp³-hybridized carbons (Fsp3) is 0.207. The van der Waals surface area contributed by atoms with E-state index in [1.807, 2.05) is 60.4 Å². The topological polar surface area (TPSA) is 69.6 Å². The second-order valence-corrected chi connectivity index (χ2v) is 8.92. The zero-order chi connectivity index (χ0) is 24.2. The summed E-state index contributed by atoms with van der Waals surface area (Å²) in [5.74, 6) is 0.310. The Morgan fingerprint density at radius 1 is 0.829 bits per heavy atom. The summed E-state index contributed by atoms with van der Waals surface area (Å²) in [4.78, 5) is 26.4. The maximum atomic E-state index is 13.3. The molecule has 1 N–H and O–H groups in total. The highest BCUT2D eigenvalue weighted by Gasteiger charge is 2.22. The number of aromatic nitrogens is 2. The van der Waals surface area contributed by atoms with E-state index in [4.69, 9.17) is 0 Å². The maximum absolute atomic E-state index is 13.3. The van der Waals surface area contributed by atoms with E-state index in [0.717, 1.165) is 47.7 Å². The average Bonchev–Trinajstić information content (AvgIpc) is 2.91. The Hall–Kier alpha value is -4.03. The number of hydrogen-bond donors (Lipinski definition) is 1. The van der Waals surface area contributed by atoms with Gasteiger partial charge in [-0.15, -0.1) is 0 Å². The van der Waals surface area contributed by atoms with Crippen molar-refractivity contribution in [1.82, 2.24) is 19.8 Å². The van der Waals surface area contributed by atoms with Gasteiger partial charge in [0.05, 0.1) is 11.4 Å². The number of amides is 1. The second-order valence-electron chi connectivity index (χ2n) is 8.92. The number of aryl methyl sites for hydroxylation is 1. The maximum Gasteiger partial charge on any atom is 0.253 e. The van der Waals surface area contributed by atoms with Gasteiger partial charge in [-0.2, -0.15) is 0 Å². The average molecular weight is 465 g/mol. The van der Waals surface area contributed by atoms with E-state index in [0.29, 0.717) is 18.7 Å². The lowest BCUT2D eigenvalue weighted by molar-refractivity contribution is 0.0628. The minimum atomic E-state index is 0.0506. The van der Waals surface area contributed by atoms with Gasteiger partial charge >= 0.3 is 0 Å². The molecule has 0 bridgehead atoms. The molecule has 5 rings (SSSR count). The molecule has 1 fully saturated rings. The van der Waals surface area contributed by atoms with Gasteiger partial charge < -0.3 is 10.0 Å². The molecule has 4 aromatic rings. The first kappa shape index (κ1) is 22.7. The minimum absolute atomic E-state index is 0.0506. The van der Waals surface area contributed by atoms with Crippen LogP contribution in [-0.4, -0.2) is 57.0 Å². The Morgan fingerprint density at radius 2 is 1.54 bits per heavy atom. The van der Waals surface area contributed by atoms with Crippen molar-refractivity contribution in [3.05, 3.63) is 102 Å². The molecule has 0 spiro atoms. The second kappa shape index (κ2) is 10.1. The van der Waals surface area contributed by atoms with Gasteiger partial charge in [0.25, 0.3) is 5.91 Å². The van der Waals surface area contributed by atoms with Gasteiger partial charge in [0.2, 0.25) is 0 Å². The summed E-state index contributed by atoms with van der Waals surface area (Å²) in [5, 5.41) is 9.82. The van der Waals surface area contributed by atoms with Crippen molar-refractivity contribution in [2.24, 2.45) is 0 Å². The standard InChI is InChI=1S/C29H28N4O2/c1-21-16-24(10-11-28(21)34)27-18-26(30-20-31-27)23-8-5-9-25(17-23)29(35)33-14-12-32(13-15-33)19-22-6-3-2-4-7-22/h2-11,16-18,20,34H,12-15,19H2,1H3. The molecule has 6 nitrogen and oxygen atoms in total. The van der Waals surface area contributed by atoms with Crippen LogP contribution >= 0.6 is 0 Å². The van der Waals surface area contributed by atoms with Gasteiger partial charge in [0.15, 0.2) is 0 Å². The van der Waals surface area contributed by atoms with Crippen LogP contribution in [0.25, 0.3) is 22.5 Å². The van der Waals surface area contributed by atoms with E-state index in [9.17, 15) is 9.90 Å². The molecule has 0 saturated carbocycles. The lowest BCUT2D eigenvalue weighted by Gasteiger charge is -2.34. The van der Waals surface area contributed by atoms with Crippen molar-refractivity contribution in [1.29, 1.82) is 0 Å². The number of phenolic OH excluding ortho intramolecular Hbond substituents is 1. The number of carbonyl (C=O) groups excluding carboxylic acids is 1. The molecule has 1 aliphatic heterocycles. The quantitative estimate of drug-likeness (QED) is 0.460. The number of piperazine rings is 1. The van der Waals surface area contributed by atoms with E-state index in [2.05, 4.69) is 39.1 Å². The minimum Gasteiger partial charge on any atom is -0.508 e. The van der Waals surface area contributed by atoms with E-state index in [-0.39, 0.29) is 11.7 Å². The van der Waals surface area contributed by atoms with Crippen LogP contribution in [-0.2, 0) is 6.54 Å². The first-order chi connectivity index (χ1) is 17.1. The Kier molecular flexibility index (Phi) is 6.55. The summed E-state index contributed by atoms with van der Waals surface area (Å²) in [6, 6.07) is 25.4. The van der Waals surface area contributed by atoms with Gasteiger partial charge in [-0.1, -0.05) is 42.5 Å². The number of aromatic hydroxyl groups is 1. The van der Waals surface area contributed by atoms with Crippen LogP contribution in [0.3, 0.4) is 0 Å². The third-order valence-electron chi connectivity index (χ3n) is 6.47. The molecule has 0 radical (unpaired) electrons. The molecule has 1 aliphatic rings. The van der Waals surface area contributed by atoms with Crippen molar-refractivity contribution in [2.75, 3.05) is 26.2 Å². The molecule has 1 aromatic heterocycles. The van der Waals surface area contributed by atoms with Crippen LogP contribution < -0.4 is 0 Å². The summed E-state index contributed by atoms with van der Waals surface area (Å²) in [5.41, 5.74) is 6.06. The molecular weight excluding hydrogens is 436 g/mol. The SMILES string of the molecule is Cc1cc(-c2cc(-c3cccc(C(=O)N4CCN(Cc5ccccc5)CC4)c3)ncn2)ccc1O. The summed E-state index contributed by atoms with van der Waals surface area (Å²) in [6.07, 6.45) is 1.54. The predicted octanol–water partition coefficient (Wildman–Crippen LogP) is 4.78. The molecule has 0 aliphatic carbocycles. The zero-order valence-electron chi connectivity index (χ0n) is 19.8. The fourth-order valence-electron chi connectivity index (χ4n) is 4.43. The summed E-state index contributed by atoms with van der Waals surface area (Å²) >= 11 is 0. The summed E-state index contributed by atoms with van der Waals surface area (Å²) < 4.78 is 0. The highest BCUT2D eigenvalue weighted by Crippen LogP contribution is 2.27. The lowest BCUT2D eigenvalue weighted by Crippen LogP contribution is -2.48. The van der Waals surface area contributed by atoms with Crippen molar-refractivity contribution < 1.29 is 9.90 Å². The van der Waals surface area contributed by atoms with E-state index in [1.165, 1.54) is 11.9 Å². The molecular formula is C29H28N4O2. The van der Waals surface area contributed by atoms with Crippen LogP contribution in [0.1, 0.15) is 21.5 Å². The van der Waals surface area contributed by atoms with E-state index in [1.54, 1.807) is 6.07 Å². The first-order valence-corrected chi connectivity index (χ1v) is 11.8.